The summed E-state index contributed by atoms with van der Waals surface area (Å²) in [5.41, 5.74) is 2.51. The molecule has 0 spiro atoms. The number of phenols is 1. The summed E-state index contributed by atoms with van der Waals surface area (Å²) < 4.78 is 20.3. The lowest BCUT2D eigenvalue weighted by Crippen LogP contribution is -2.44. The molecule has 342 valence electrons. The van der Waals surface area contributed by atoms with Crippen LogP contribution < -0.4 is 26.0 Å². The maximum Gasteiger partial charge on any atom is 0.329 e. The van der Waals surface area contributed by atoms with E-state index in [4.69, 9.17) is 14.2 Å². The maximum absolute atomic E-state index is 13.0. The summed E-state index contributed by atoms with van der Waals surface area (Å²) in [6, 6.07) is 16.4. The number of benzene rings is 2. The molecule has 7 rings (SSSR count). The van der Waals surface area contributed by atoms with Crippen LogP contribution in [0.15, 0.2) is 77.9 Å². The Bertz CT molecular complexity index is 2320. The molecule has 0 saturated carbocycles. The largest absolute Gasteiger partial charge is 0.507 e. The summed E-state index contributed by atoms with van der Waals surface area (Å²) in [6.07, 6.45) is 14.9. The minimum atomic E-state index is -0.699. The number of likely N-dealkylation sites (tertiary alicyclic amines) is 1. The van der Waals surface area contributed by atoms with Crippen LogP contribution in [0.4, 0.5) is 5.82 Å². The Balaban J connectivity index is 0.651. The Kier molecular flexibility index (Phi) is 16.2. The first-order chi connectivity index (χ1) is 31.2. The molecule has 3 aliphatic heterocycles. The quantitative estimate of drug-likeness (QED) is 0.0352. The van der Waals surface area contributed by atoms with Crippen molar-refractivity contribution in [2.75, 3.05) is 57.6 Å². The molecule has 3 fully saturated rings. The predicted octanol–water partition coefficient (Wildman–Crippen LogP) is 4.97. The third-order valence-corrected chi connectivity index (χ3v) is 12.3. The third-order valence-electron chi connectivity index (χ3n) is 12.3. The topological polar surface area (TPSA) is 187 Å². The third kappa shape index (κ3) is 12.0. The Morgan fingerprint density at radius 1 is 0.875 bits per heavy atom. The van der Waals surface area contributed by atoms with Gasteiger partial charge in [-0.2, -0.15) is 0 Å². The summed E-state index contributed by atoms with van der Waals surface area (Å²) in [6.45, 7) is 4.68. The second-order valence-corrected chi connectivity index (χ2v) is 16.8. The van der Waals surface area contributed by atoms with Crippen molar-refractivity contribution in [1.29, 1.82) is 0 Å². The van der Waals surface area contributed by atoms with Gasteiger partial charge in [0.2, 0.25) is 17.7 Å². The normalized spacial score (nSPS) is 18.4. The number of piperazine rings is 1. The minimum Gasteiger partial charge on any atom is -0.507 e. The van der Waals surface area contributed by atoms with Gasteiger partial charge >= 0.3 is 5.69 Å². The molecule has 64 heavy (non-hydrogen) atoms. The summed E-state index contributed by atoms with van der Waals surface area (Å²) in [5.74, 6) is 0.791. The number of amides is 3. The highest BCUT2D eigenvalue weighted by Gasteiger charge is 2.42. The van der Waals surface area contributed by atoms with Crippen molar-refractivity contribution >= 4 is 40.4 Å². The number of carbonyl (C=O) groups is 4. The van der Waals surface area contributed by atoms with Gasteiger partial charge in [-0.1, -0.05) is 43.9 Å². The molecular weight excluding hydrogens is 819 g/mol. The smallest absolute Gasteiger partial charge is 0.329 e. The molecule has 0 aliphatic carbocycles. The minimum absolute atomic E-state index is 0.00382. The molecule has 2 bridgehead atoms. The van der Waals surface area contributed by atoms with E-state index in [-0.39, 0.29) is 35.5 Å². The lowest BCUT2D eigenvalue weighted by Gasteiger charge is -2.34. The average molecular weight is 880 g/mol. The van der Waals surface area contributed by atoms with Crippen LogP contribution in [0, 0.1) is 0 Å². The van der Waals surface area contributed by atoms with Gasteiger partial charge in [0.25, 0.3) is 0 Å². The van der Waals surface area contributed by atoms with Crippen LogP contribution in [0.3, 0.4) is 0 Å². The number of imidazole rings is 1. The van der Waals surface area contributed by atoms with Crippen LogP contribution in [-0.4, -0.2) is 112 Å². The first-order valence-corrected chi connectivity index (χ1v) is 22.7. The number of unbranched alkanes of at least 4 members (excludes halogenated alkanes) is 5. The van der Waals surface area contributed by atoms with E-state index in [2.05, 4.69) is 25.4 Å². The molecule has 16 heteroatoms. The van der Waals surface area contributed by atoms with Gasteiger partial charge in [0.15, 0.2) is 5.78 Å². The molecule has 1 unspecified atom stereocenters. The van der Waals surface area contributed by atoms with E-state index in [0.29, 0.717) is 75.6 Å². The molecule has 3 amide bonds. The number of pyridine rings is 1. The molecule has 16 nitrogen and oxygen atoms in total. The van der Waals surface area contributed by atoms with Gasteiger partial charge in [-0.05, 0) is 80.5 Å². The summed E-state index contributed by atoms with van der Waals surface area (Å²) in [7, 11) is 1.69. The number of para-hydroxylation sites is 1. The highest BCUT2D eigenvalue weighted by Crippen LogP contribution is 2.34. The number of imide groups is 1. The second-order valence-electron chi connectivity index (χ2n) is 16.8. The zero-order valence-corrected chi connectivity index (χ0v) is 36.8. The van der Waals surface area contributed by atoms with Gasteiger partial charge in [0, 0.05) is 70.5 Å². The maximum atomic E-state index is 13.0. The van der Waals surface area contributed by atoms with Crippen LogP contribution in [0.2, 0.25) is 0 Å². The van der Waals surface area contributed by atoms with Gasteiger partial charge in [0.1, 0.15) is 23.4 Å². The number of rotatable bonds is 25. The van der Waals surface area contributed by atoms with Crippen molar-refractivity contribution < 1.29 is 38.5 Å². The van der Waals surface area contributed by atoms with Crippen molar-refractivity contribution in [2.45, 2.75) is 95.2 Å². The number of phenolic OH excluding ortho intramolecular Hbond substituents is 1. The molecule has 5 heterocycles. The van der Waals surface area contributed by atoms with Gasteiger partial charge in [-0.3, -0.25) is 33.6 Å². The number of anilines is 1. The van der Waals surface area contributed by atoms with Gasteiger partial charge < -0.3 is 34.4 Å². The predicted molar refractivity (Wildman–Crippen MR) is 241 cm³/mol. The number of hydrogen-bond donors (Lipinski definition) is 3. The van der Waals surface area contributed by atoms with E-state index < -0.39 is 11.9 Å². The number of piperidine rings is 1. The highest BCUT2D eigenvalue weighted by atomic mass is 16.5. The number of carbonyl (C=O) groups excluding carboxylic acids is 4. The summed E-state index contributed by atoms with van der Waals surface area (Å²) in [5, 5.41) is 15.2. The number of ketones is 1. The Morgan fingerprint density at radius 2 is 1.67 bits per heavy atom. The fourth-order valence-electron chi connectivity index (χ4n) is 8.85. The van der Waals surface area contributed by atoms with Crippen LogP contribution in [0.25, 0.3) is 11.0 Å². The van der Waals surface area contributed by atoms with Crippen molar-refractivity contribution in [3.63, 3.8) is 0 Å². The second kappa shape index (κ2) is 22.6. The van der Waals surface area contributed by atoms with E-state index in [9.17, 15) is 29.1 Å². The summed E-state index contributed by atoms with van der Waals surface area (Å²) >= 11 is 0. The van der Waals surface area contributed by atoms with Crippen LogP contribution in [-0.2, 0) is 37.3 Å². The number of nitrogens with zero attached hydrogens (tertiary/aromatic N) is 5. The van der Waals surface area contributed by atoms with Crippen molar-refractivity contribution in [2.24, 2.45) is 7.05 Å². The molecular formula is C48H61N7O9. The molecule has 3 atom stereocenters. The van der Waals surface area contributed by atoms with E-state index in [1.807, 2.05) is 36.5 Å². The Hall–Kier alpha value is -6.00. The van der Waals surface area contributed by atoms with E-state index in [0.717, 1.165) is 93.5 Å². The molecule has 2 aromatic carbocycles. The fraction of sp³-hybridized carbons (Fsp3) is 0.500. The number of hydrogen-bond acceptors (Lipinski definition) is 12. The van der Waals surface area contributed by atoms with Crippen LogP contribution in [0.1, 0.15) is 92.6 Å². The molecule has 3 saturated heterocycles. The Labute approximate surface area is 373 Å². The van der Waals surface area contributed by atoms with Gasteiger partial charge in [-0.15, -0.1) is 0 Å². The first kappa shape index (κ1) is 46.0. The van der Waals surface area contributed by atoms with E-state index >= 15 is 0 Å². The van der Waals surface area contributed by atoms with Crippen LogP contribution >= 0.6 is 0 Å². The lowest BCUT2D eigenvalue weighted by atomic mass is 10.1. The molecule has 3 aliphatic rings. The number of aryl methyl sites for hydroxylation is 2. The monoisotopic (exact) mass is 879 g/mol. The van der Waals surface area contributed by atoms with Crippen molar-refractivity contribution in [3.8, 4) is 11.5 Å². The highest BCUT2D eigenvalue weighted by molar-refractivity contribution is 6.06. The Morgan fingerprint density at radius 3 is 2.44 bits per heavy atom. The van der Waals surface area contributed by atoms with Gasteiger partial charge in [-0.25, -0.2) is 9.78 Å². The van der Waals surface area contributed by atoms with E-state index in [1.54, 1.807) is 42.1 Å². The molecule has 2 aromatic heterocycles. The van der Waals surface area contributed by atoms with Crippen molar-refractivity contribution in [1.82, 2.24) is 29.7 Å². The fourth-order valence-corrected chi connectivity index (χ4v) is 8.85. The number of aromatic hydroxyl groups is 1. The molecule has 3 N–H and O–H groups in total. The lowest BCUT2D eigenvalue weighted by molar-refractivity contribution is -0.135. The standard InChI is InChI=1S/C48H61N7O9/c1-52-41-29-34(15-17-39(41)55(48(52)61)40-18-20-46(59)51-47(40)60)11-10-24-62-27-28-63-26-22-49-45(58)14-6-4-2-3-5-9-25-64-37-16-19-44(50-31-37)54-33-35-30-36(54)32-53(35)23-21-43(57)38-12-7-8-13-42(38)56/h7-8,12-13,15-17,19,21,23,29,31,35-36,40,56H,2-6,9-11,14,18,20,22,24-28,30,32-33H2,1H3,(H,49,58)(H,51,59,60)/b23-21+/t35-,36-,40?/m1/s1. The number of ether oxygens (including phenoxy) is 3. The zero-order valence-electron chi connectivity index (χ0n) is 36.8. The SMILES string of the molecule is Cn1c(=O)n(C2CCC(=O)NC2=O)c2ccc(CCCOCCOCCNC(=O)CCCCCCCCOc3ccc(N4C[C@H]5C[C@@H]4CN5/C=C/C(=O)c4ccccc4O)nc3)cc21. The number of fused-ring (bicyclic) bond motifs is 3. The molecule has 4 aromatic rings. The zero-order chi connectivity index (χ0) is 44.8. The number of nitrogens with one attached hydrogen (secondary N) is 2. The summed E-state index contributed by atoms with van der Waals surface area (Å²) in [4.78, 5) is 71.0. The van der Waals surface area contributed by atoms with E-state index in [1.165, 1.54) is 10.6 Å². The van der Waals surface area contributed by atoms with Crippen molar-refractivity contribution in [3.05, 3.63) is 94.7 Å². The van der Waals surface area contributed by atoms with Crippen LogP contribution in [0.5, 0.6) is 11.5 Å². The first-order valence-electron chi connectivity index (χ1n) is 22.7. The number of allylic oxidation sites excluding steroid dienone is 1. The number of aromatic nitrogens is 3. The molecule has 0 radical (unpaired) electrons. The van der Waals surface area contributed by atoms with Gasteiger partial charge in [0.05, 0.1) is 49.2 Å². The average Bonchev–Trinajstić information content (AvgIpc) is 3.97.